The maximum absolute atomic E-state index is 10.4. The predicted octanol–water partition coefficient (Wildman–Crippen LogP) is 6.19. The van der Waals surface area contributed by atoms with Crippen molar-refractivity contribution in [2.45, 2.75) is 6.42 Å². The molecule has 0 radical (unpaired) electrons. The smallest absolute Gasteiger partial charge is 0.124 e. The largest absolute Gasteiger partial charge is 0.507 e. The monoisotopic (exact) mass is 362 g/mol. The maximum atomic E-state index is 10.4. The van der Waals surface area contributed by atoms with Crippen molar-refractivity contribution in [1.82, 2.24) is 0 Å². The zero-order valence-corrected chi connectivity index (χ0v) is 15.2. The van der Waals surface area contributed by atoms with Gasteiger partial charge in [-0.3, -0.25) is 9.98 Å². The molecule has 3 heteroatoms. The number of para-hydroxylation sites is 3. The Morgan fingerprint density at radius 3 is 2.04 bits per heavy atom. The molecule has 0 bridgehead atoms. The molecule has 0 saturated carbocycles. The molecule has 4 aromatic rings. The van der Waals surface area contributed by atoms with Crippen LogP contribution in [0.3, 0.4) is 0 Å². The molecule has 0 spiro atoms. The Kier molecular flexibility index (Phi) is 3.99. The van der Waals surface area contributed by atoms with Crippen molar-refractivity contribution in [3.05, 3.63) is 102 Å². The summed E-state index contributed by atoms with van der Waals surface area (Å²) < 4.78 is 0. The molecule has 134 valence electrons. The molecule has 0 saturated heterocycles. The second kappa shape index (κ2) is 6.78. The first-order valence-electron chi connectivity index (χ1n) is 9.30. The summed E-state index contributed by atoms with van der Waals surface area (Å²) in [5, 5.41) is 12.8. The maximum Gasteiger partial charge on any atom is 0.124 e. The van der Waals surface area contributed by atoms with Gasteiger partial charge in [-0.15, -0.1) is 0 Å². The van der Waals surface area contributed by atoms with E-state index in [0.717, 1.165) is 33.9 Å². The minimum atomic E-state index is 0.235. The minimum Gasteiger partial charge on any atom is -0.507 e. The lowest BCUT2D eigenvalue weighted by molar-refractivity contribution is 0.474. The first-order valence-corrected chi connectivity index (χ1v) is 9.30. The minimum absolute atomic E-state index is 0.235. The van der Waals surface area contributed by atoms with Crippen LogP contribution in [0.25, 0.3) is 10.8 Å². The van der Waals surface area contributed by atoms with E-state index in [-0.39, 0.29) is 5.75 Å². The number of fused-ring (bicyclic) bond motifs is 2. The zero-order chi connectivity index (χ0) is 18.9. The average molecular weight is 362 g/mol. The molecule has 1 heterocycles. The molecule has 1 aliphatic heterocycles. The van der Waals surface area contributed by atoms with Crippen LogP contribution in [-0.2, 0) is 0 Å². The molecule has 0 aliphatic carbocycles. The number of aliphatic imine (C=N–C) groups is 2. The standard InChI is InChI=1S/C25H18N2O/c28-25-12-6-3-9-20(25)24-16-23(26-21-10-4-5-11-22(21)27-24)19-14-13-17-7-1-2-8-18(17)15-19/h1-15,28H,16H2. The molecule has 0 unspecified atom stereocenters. The van der Waals surface area contributed by atoms with Crippen LogP contribution in [0, 0.1) is 0 Å². The lowest BCUT2D eigenvalue weighted by atomic mass is 9.97. The van der Waals surface area contributed by atoms with Crippen molar-refractivity contribution < 1.29 is 5.11 Å². The lowest BCUT2D eigenvalue weighted by Crippen LogP contribution is -2.10. The van der Waals surface area contributed by atoms with Crippen LogP contribution in [0.15, 0.2) is 101 Å². The second-order valence-electron chi connectivity index (χ2n) is 6.86. The summed E-state index contributed by atoms with van der Waals surface area (Å²) in [6, 6.07) is 29.9. The third-order valence-corrected chi connectivity index (χ3v) is 5.03. The predicted molar refractivity (Wildman–Crippen MR) is 116 cm³/mol. The van der Waals surface area contributed by atoms with E-state index in [2.05, 4.69) is 30.3 Å². The summed E-state index contributed by atoms with van der Waals surface area (Å²) in [4.78, 5) is 9.79. The number of aromatic hydroxyl groups is 1. The summed E-state index contributed by atoms with van der Waals surface area (Å²) in [5.41, 5.74) is 5.23. The third kappa shape index (κ3) is 2.97. The van der Waals surface area contributed by atoms with Crippen molar-refractivity contribution in [1.29, 1.82) is 0 Å². The molecule has 0 atom stereocenters. The van der Waals surface area contributed by atoms with Crippen LogP contribution < -0.4 is 0 Å². The van der Waals surface area contributed by atoms with Gasteiger partial charge in [0, 0.05) is 12.0 Å². The number of phenols is 1. The Morgan fingerprint density at radius 2 is 1.25 bits per heavy atom. The van der Waals surface area contributed by atoms with Gasteiger partial charge in [0.25, 0.3) is 0 Å². The first kappa shape index (κ1) is 16.5. The number of phenolic OH excluding ortho intramolecular Hbond substituents is 1. The number of hydrogen-bond acceptors (Lipinski definition) is 3. The number of hydrogen-bond donors (Lipinski definition) is 1. The highest BCUT2D eigenvalue weighted by molar-refractivity contribution is 6.21. The van der Waals surface area contributed by atoms with Gasteiger partial charge in [-0.2, -0.15) is 0 Å². The Labute approximate surface area is 163 Å². The molecule has 0 amide bonds. The molecular weight excluding hydrogens is 344 g/mol. The quantitative estimate of drug-likeness (QED) is 0.454. The van der Waals surface area contributed by atoms with E-state index in [1.54, 1.807) is 6.07 Å². The molecule has 0 fully saturated rings. The van der Waals surface area contributed by atoms with Gasteiger partial charge in [0.2, 0.25) is 0 Å². The van der Waals surface area contributed by atoms with Gasteiger partial charge in [-0.05, 0) is 46.7 Å². The van der Waals surface area contributed by atoms with Crippen LogP contribution in [0.1, 0.15) is 17.5 Å². The Balaban J connectivity index is 1.68. The second-order valence-corrected chi connectivity index (χ2v) is 6.86. The van der Waals surface area contributed by atoms with Crippen molar-refractivity contribution in [3.8, 4) is 5.75 Å². The van der Waals surface area contributed by atoms with Gasteiger partial charge in [-0.25, -0.2) is 0 Å². The first-order chi connectivity index (χ1) is 13.8. The summed E-state index contributed by atoms with van der Waals surface area (Å²) in [7, 11) is 0. The molecule has 3 nitrogen and oxygen atoms in total. The van der Waals surface area contributed by atoms with E-state index < -0.39 is 0 Å². The average Bonchev–Trinajstić information content (AvgIpc) is 2.93. The number of rotatable bonds is 2. The van der Waals surface area contributed by atoms with Crippen molar-refractivity contribution in [2.24, 2.45) is 9.98 Å². The van der Waals surface area contributed by atoms with Gasteiger partial charge < -0.3 is 5.11 Å². The fourth-order valence-corrected chi connectivity index (χ4v) is 3.59. The van der Waals surface area contributed by atoms with E-state index in [4.69, 9.17) is 9.98 Å². The van der Waals surface area contributed by atoms with Gasteiger partial charge in [0.1, 0.15) is 5.75 Å². The Morgan fingerprint density at radius 1 is 0.607 bits per heavy atom. The van der Waals surface area contributed by atoms with E-state index in [9.17, 15) is 5.11 Å². The summed E-state index contributed by atoms with van der Waals surface area (Å²) in [6.45, 7) is 0. The van der Waals surface area contributed by atoms with Crippen molar-refractivity contribution in [2.75, 3.05) is 0 Å². The van der Waals surface area contributed by atoms with Crippen molar-refractivity contribution >= 4 is 33.6 Å². The topological polar surface area (TPSA) is 45.0 Å². The summed E-state index contributed by atoms with van der Waals surface area (Å²) in [6.07, 6.45) is 0.546. The van der Waals surface area contributed by atoms with E-state index in [1.165, 1.54) is 10.8 Å². The van der Waals surface area contributed by atoms with Crippen LogP contribution in [0.4, 0.5) is 11.4 Å². The number of benzene rings is 4. The van der Waals surface area contributed by atoms with Crippen molar-refractivity contribution in [3.63, 3.8) is 0 Å². The van der Waals surface area contributed by atoms with E-state index >= 15 is 0 Å². The number of nitrogens with zero attached hydrogens (tertiary/aromatic N) is 2. The van der Waals surface area contributed by atoms with Crippen LogP contribution in [-0.4, -0.2) is 16.5 Å². The molecule has 4 aromatic carbocycles. The molecule has 1 aliphatic rings. The molecule has 5 rings (SSSR count). The summed E-state index contributed by atoms with van der Waals surface area (Å²) in [5.74, 6) is 0.235. The fraction of sp³-hybridized carbons (Fsp3) is 0.0400. The highest BCUT2D eigenvalue weighted by atomic mass is 16.3. The molecule has 1 N–H and O–H groups in total. The molecular formula is C25H18N2O. The SMILES string of the molecule is Oc1ccccc1C1=Nc2ccccc2N=C(c2ccc3ccccc3c2)C1. The van der Waals surface area contributed by atoms with Crippen LogP contribution >= 0.6 is 0 Å². The van der Waals surface area contributed by atoms with Gasteiger partial charge in [-0.1, -0.05) is 60.7 Å². The van der Waals surface area contributed by atoms with E-state index in [0.29, 0.717) is 6.42 Å². The summed E-state index contributed by atoms with van der Waals surface area (Å²) >= 11 is 0. The highest BCUT2D eigenvalue weighted by Crippen LogP contribution is 2.34. The Bertz CT molecular complexity index is 1250. The normalized spacial score (nSPS) is 13.4. The van der Waals surface area contributed by atoms with Gasteiger partial charge in [0.15, 0.2) is 0 Å². The fourth-order valence-electron chi connectivity index (χ4n) is 3.59. The van der Waals surface area contributed by atoms with Crippen LogP contribution in [0.5, 0.6) is 5.75 Å². The third-order valence-electron chi connectivity index (χ3n) is 5.03. The zero-order valence-electron chi connectivity index (χ0n) is 15.2. The highest BCUT2D eigenvalue weighted by Gasteiger charge is 2.18. The van der Waals surface area contributed by atoms with Gasteiger partial charge >= 0.3 is 0 Å². The van der Waals surface area contributed by atoms with Gasteiger partial charge in [0.05, 0.1) is 22.8 Å². The Hall–Kier alpha value is -3.72. The van der Waals surface area contributed by atoms with E-state index in [1.807, 2.05) is 54.6 Å². The van der Waals surface area contributed by atoms with Crippen LogP contribution in [0.2, 0.25) is 0 Å². The molecule has 0 aromatic heterocycles. The molecule has 28 heavy (non-hydrogen) atoms. The lowest BCUT2D eigenvalue weighted by Gasteiger charge is -2.10.